The maximum atomic E-state index is 13.0. The molecule has 0 saturated heterocycles. The van der Waals surface area contributed by atoms with Crippen LogP contribution in [0, 0.1) is 11.8 Å². The van der Waals surface area contributed by atoms with Gasteiger partial charge in [0, 0.05) is 32.6 Å². The topological polar surface area (TPSA) is 126 Å². The first-order valence-electron chi connectivity index (χ1n) is 11.9. The van der Waals surface area contributed by atoms with Crippen LogP contribution in [0.5, 0.6) is 0 Å². The number of benzene rings is 2. The van der Waals surface area contributed by atoms with Gasteiger partial charge in [0.2, 0.25) is 16.0 Å². The van der Waals surface area contributed by atoms with E-state index in [-0.39, 0.29) is 21.4 Å². The van der Waals surface area contributed by atoms with Gasteiger partial charge in [0.25, 0.3) is 0 Å². The third kappa shape index (κ3) is 5.09. The standard InChI is InChI=1S/C24H28ClN7O3S/c1-32(2)23-17-5-3-4-6-19(17)28-24(29-23)26-13-15-7-9-16(10-8-15)14-27-36(33,34)22-18(25)11-12-20-21(22)31-35-30-20/h3-6,11-12,15-16,27H,7-10,13-14H2,1-2H3,(H,26,28,29). The summed E-state index contributed by atoms with van der Waals surface area (Å²) in [5.74, 6) is 2.24. The lowest BCUT2D eigenvalue weighted by Crippen LogP contribution is -2.32. The number of fused-ring (bicyclic) bond motifs is 2. The zero-order valence-corrected chi connectivity index (χ0v) is 21.7. The van der Waals surface area contributed by atoms with Gasteiger partial charge in [-0.15, -0.1) is 0 Å². The SMILES string of the molecule is CN(C)c1nc(NCC2CCC(CNS(=O)(=O)c3c(Cl)ccc4nonc34)CC2)nc2ccccc12. The fraction of sp³-hybridized carbons (Fsp3) is 0.417. The average molecular weight is 530 g/mol. The van der Waals surface area contributed by atoms with E-state index in [1.165, 1.54) is 6.07 Å². The number of halogens is 1. The molecule has 4 aromatic rings. The van der Waals surface area contributed by atoms with Crippen molar-refractivity contribution in [1.29, 1.82) is 0 Å². The molecular formula is C24H28ClN7O3S. The predicted octanol–water partition coefficient (Wildman–Crippen LogP) is 4.08. The van der Waals surface area contributed by atoms with Gasteiger partial charge in [0.15, 0.2) is 5.52 Å². The van der Waals surface area contributed by atoms with Crippen LogP contribution in [0.1, 0.15) is 25.7 Å². The molecule has 0 bridgehead atoms. The largest absolute Gasteiger partial charge is 0.362 e. The minimum absolute atomic E-state index is 0.0896. The summed E-state index contributed by atoms with van der Waals surface area (Å²) in [7, 11) is 0.101. The summed E-state index contributed by atoms with van der Waals surface area (Å²) in [5.41, 5.74) is 1.39. The molecule has 5 rings (SSSR count). The molecule has 2 aromatic heterocycles. The van der Waals surface area contributed by atoms with Crippen LogP contribution in [0.2, 0.25) is 5.02 Å². The van der Waals surface area contributed by atoms with Gasteiger partial charge < -0.3 is 10.2 Å². The van der Waals surface area contributed by atoms with E-state index >= 15 is 0 Å². The third-order valence-electron chi connectivity index (χ3n) is 6.69. The molecule has 2 aromatic carbocycles. The Hall–Kier alpha value is -3.02. The second-order valence-electron chi connectivity index (χ2n) is 9.41. The van der Waals surface area contributed by atoms with Crippen molar-refractivity contribution in [2.24, 2.45) is 11.8 Å². The monoisotopic (exact) mass is 529 g/mol. The lowest BCUT2D eigenvalue weighted by atomic mass is 9.82. The van der Waals surface area contributed by atoms with E-state index in [2.05, 4.69) is 30.0 Å². The fourth-order valence-corrected chi connectivity index (χ4v) is 6.49. The van der Waals surface area contributed by atoms with E-state index in [0.717, 1.165) is 48.9 Å². The number of nitrogens with one attached hydrogen (secondary N) is 2. The van der Waals surface area contributed by atoms with Crippen LogP contribution >= 0.6 is 11.6 Å². The molecule has 0 spiro atoms. The first-order chi connectivity index (χ1) is 17.3. The van der Waals surface area contributed by atoms with Gasteiger partial charge in [-0.3, -0.25) is 0 Å². The molecule has 1 aliphatic rings. The van der Waals surface area contributed by atoms with E-state index in [0.29, 0.717) is 23.9 Å². The van der Waals surface area contributed by atoms with Crippen LogP contribution in [-0.4, -0.2) is 55.9 Å². The lowest BCUT2D eigenvalue weighted by molar-refractivity contribution is 0.284. The van der Waals surface area contributed by atoms with Crippen LogP contribution < -0.4 is 14.9 Å². The van der Waals surface area contributed by atoms with Crippen molar-refractivity contribution in [3.8, 4) is 0 Å². The molecule has 0 atom stereocenters. The van der Waals surface area contributed by atoms with Gasteiger partial charge in [0.05, 0.1) is 10.5 Å². The number of sulfonamides is 1. The average Bonchev–Trinajstić information content (AvgIpc) is 3.34. The first-order valence-corrected chi connectivity index (χ1v) is 13.8. The normalized spacial score (nSPS) is 18.5. The van der Waals surface area contributed by atoms with Crippen LogP contribution in [-0.2, 0) is 10.0 Å². The number of hydrogen-bond donors (Lipinski definition) is 2. The molecule has 0 radical (unpaired) electrons. The summed E-state index contributed by atoms with van der Waals surface area (Å²) in [6, 6.07) is 11.1. The van der Waals surface area contributed by atoms with Crippen molar-refractivity contribution in [1.82, 2.24) is 25.0 Å². The Labute approximate surface area is 214 Å². The fourth-order valence-electron chi connectivity index (χ4n) is 4.71. The van der Waals surface area contributed by atoms with Crippen molar-refractivity contribution >= 4 is 55.3 Å². The molecule has 1 saturated carbocycles. The molecule has 36 heavy (non-hydrogen) atoms. The minimum Gasteiger partial charge on any atom is -0.362 e. The van der Waals surface area contributed by atoms with Crippen molar-refractivity contribution in [3.63, 3.8) is 0 Å². The van der Waals surface area contributed by atoms with E-state index in [4.69, 9.17) is 16.6 Å². The Kier molecular flexibility index (Phi) is 6.96. The van der Waals surface area contributed by atoms with Crippen LogP contribution in [0.25, 0.3) is 21.9 Å². The molecule has 0 unspecified atom stereocenters. The van der Waals surface area contributed by atoms with Gasteiger partial charge in [-0.2, -0.15) is 4.98 Å². The Morgan fingerprint density at radius 2 is 1.69 bits per heavy atom. The number of nitrogens with zero attached hydrogens (tertiary/aromatic N) is 5. The molecule has 12 heteroatoms. The highest BCUT2D eigenvalue weighted by atomic mass is 35.5. The van der Waals surface area contributed by atoms with Crippen molar-refractivity contribution < 1.29 is 13.0 Å². The number of aromatic nitrogens is 4. The van der Waals surface area contributed by atoms with Gasteiger partial charge >= 0.3 is 0 Å². The number of hydrogen-bond acceptors (Lipinski definition) is 9. The number of para-hydroxylation sites is 1. The van der Waals surface area contributed by atoms with E-state index < -0.39 is 10.0 Å². The summed E-state index contributed by atoms with van der Waals surface area (Å²) in [6.07, 6.45) is 3.85. The Morgan fingerprint density at radius 1 is 0.972 bits per heavy atom. The number of anilines is 2. The maximum absolute atomic E-state index is 13.0. The molecule has 1 fully saturated rings. The molecule has 1 aliphatic carbocycles. The first kappa shape index (κ1) is 24.7. The minimum atomic E-state index is -3.85. The highest BCUT2D eigenvalue weighted by Crippen LogP contribution is 2.31. The Balaban J connectivity index is 1.16. The van der Waals surface area contributed by atoms with E-state index in [1.807, 2.05) is 43.3 Å². The summed E-state index contributed by atoms with van der Waals surface area (Å²) in [4.78, 5) is 11.3. The third-order valence-corrected chi connectivity index (χ3v) is 8.61. The van der Waals surface area contributed by atoms with Crippen molar-refractivity contribution in [2.45, 2.75) is 30.6 Å². The van der Waals surface area contributed by atoms with Crippen LogP contribution in [0.15, 0.2) is 45.9 Å². The lowest BCUT2D eigenvalue weighted by Gasteiger charge is -2.28. The number of rotatable bonds is 8. The summed E-state index contributed by atoms with van der Waals surface area (Å²) in [6.45, 7) is 1.13. The second-order valence-corrected chi connectivity index (χ2v) is 11.5. The summed E-state index contributed by atoms with van der Waals surface area (Å²) < 4.78 is 33.3. The Bertz CT molecular complexity index is 1480. The van der Waals surface area contributed by atoms with E-state index in [1.54, 1.807) is 6.07 Å². The smallest absolute Gasteiger partial charge is 0.244 e. The van der Waals surface area contributed by atoms with Crippen LogP contribution in [0.4, 0.5) is 11.8 Å². The second kappa shape index (κ2) is 10.2. The molecule has 190 valence electrons. The zero-order chi connectivity index (χ0) is 25.3. The van der Waals surface area contributed by atoms with E-state index in [9.17, 15) is 8.42 Å². The summed E-state index contributed by atoms with van der Waals surface area (Å²) >= 11 is 6.18. The zero-order valence-electron chi connectivity index (χ0n) is 20.1. The van der Waals surface area contributed by atoms with Gasteiger partial charge in [-0.05, 0) is 72.1 Å². The molecule has 2 N–H and O–H groups in total. The highest BCUT2D eigenvalue weighted by molar-refractivity contribution is 7.89. The Morgan fingerprint density at radius 3 is 2.44 bits per heavy atom. The molecule has 0 amide bonds. The molecule has 10 nitrogen and oxygen atoms in total. The molecule has 2 heterocycles. The van der Waals surface area contributed by atoms with Crippen molar-refractivity contribution in [3.05, 3.63) is 41.4 Å². The predicted molar refractivity (Wildman–Crippen MR) is 140 cm³/mol. The summed E-state index contributed by atoms with van der Waals surface area (Å²) in [5, 5.41) is 12.0. The molecule has 0 aliphatic heterocycles. The quantitative estimate of drug-likeness (QED) is 0.347. The van der Waals surface area contributed by atoms with Crippen molar-refractivity contribution in [2.75, 3.05) is 37.4 Å². The van der Waals surface area contributed by atoms with Gasteiger partial charge in [-0.25, -0.2) is 22.8 Å². The van der Waals surface area contributed by atoms with Crippen LogP contribution in [0.3, 0.4) is 0 Å². The van der Waals surface area contributed by atoms with Gasteiger partial charge in [-0.1, -0.05) is 23.7 Å². The highest BCUT2D eigenvalue weighted by Gasteiger charge is 2.27. The maximum Gasteiger partial charge on any atom is 0.244 e. The van der Waals surface area contributed by atoms with Gasteiger partial charge in [0.1, 0.15) is 16.2 Å². The molecular weight excluding hydrogens is 502 g/mol.